The van der Waals surface area contributed by atoms with Gasteiger partial charge in [-0.25, -0.2) is 13.6 Å². The van der Waals surface area contributed by atoms with Gasteiger partial charge in [0.15, 0.2) is 4.88 Å². The Bertz CT molecular complexity index is 400. The molecule has 0 unspecified atom stereocenters. The molecule has 0 bridgehead atoms. The quantitative estimate of drug-likeness (QED) is 0.889. The van der Waals surface area contributed by atoms with Crippen molar-refractivity contribution < 1.29 is 28.2 Å². The lowest BCUT2D eigenvalue weighted by atomic mass is 10.3. The molecule has 2 rings (SSSR count). The van der Waals surface area contributed by atoms with Gasteiger partial charge in [-0.3, -0.25) is 0 Å². The minimum atomic E-state index is -2.68. The van der Waals surface area contributed by atoms with Gasteiger partial charge in [0.2, 0.25) is 0 Å². The van der Waals surface area contributed by atoms with E-state index in [-0.39, 0.29) is 21.6 Å². The van der Waals surface area contributed by atoms with Crippen molar-refractivity contribution in [3.05, 3.63) is 15.8 Å². The van der Waals surface area contributed by atoms with Crippen molar-refractivity contribution in [3.63, 3.8) is 0 Å². The van der Waals surface area contributed by atoms with Crippen LogP contribution in [0.5, 0.6) is 5.75 Å². The van der Waals surface area contributed by atoms with E-state index < -0.39 is 12.4 Å². The fraction of sp³-hybridized carbons (Fsp3) is 0.444. The van der Waals surface area contributed by atoms with Crippen molar-refractivity contribution in [3.8, 4) is 5.75 Å². The van der Waals surface area contributed by atoms with Crippen molar-refractivity contribution in [1.82, 2.24) is 0 Å². The second-order valence-corrected chi connectivity index (χ2v) is 4.31. The van der Waals surface area contributed by atoms with E-state index in [9.17, 15) is 13.6 Å². The molecule has 1 fully saturated rings. The first kappa shape index (κ1) is 11.3. The lowest BCUT2D eigenvalue weighted by Crippen LogP contribution is -2.38. The molecule has 88 valence electrons. The van der Waals surface area contributed by atoms with Crippen LogP contribution in [0.15, 0.2) is 6.07 Å². The summed E-state index contributed by atoms with van der Waals surface area (Å²) in [5, 5.41) is 8.82. The van der Waals surface area contributed by atoms with Crippen molar-refractivity contribution in [2.75, 3.05) is 13.2 Å². The van der Waals surface area contributed by atoms with Gasteiger partial charge in [-0.1, -0.05) is 0 Å². The minimum absolute atomic E-state index is 0.00102. The molecule has 1 aromatic heterocycles. The molecule has 0 atom stereocenters. The average molecular weight is 250 g/mol. The lowest BCUT2D eigenvalue weighted by Gasteiger charge is -2.26. The Morgan fingerprint density at radius 2 is 2.31 bits per heavy atom. The number of hydrogen-bond donors (Lipinski definition) is 1. The van der Waals surface area contributed by atoms with E-state index >= 15 is 0 Å². The number of rotatable bonds is 4. The summed E-state index contributed by atoms with van der Waals surface area (Å²) in [5.74, 6) is -1.26. The highest BCUT2D eigenvalue weighted by Crippen LogP contribution is 2.36. The van der Waals surface area contributed by atoms with Gasteiger partial charge in [0.1, 0.15) is 11.9 Å². The molecule has 2 heterocycles. The van der Waals surface area contributed by atoms with Crippen LogP contribution in [-0.4, -0.2) is 30.4 Å². The molecule has 0 aromatic carbocycles. The third-order valence-electron chi connectivity index (χ3n) is 2.03. The fourth-order valence-electron chi connectivity index (χ4n) is 1.20. The summed E-state index contributed by atoms with van der Waals surface area (Å²) in [5.41, 5.74) is 0. The predicted octanol–water partition coefficient (Wildman–Crippen LogP) is 2.16. The van der Waals surface area contributed by atoms with E-state index in [4.69, 9.17) is 14.6 Å². The third kappa shape index (κ3) is 2.14. The summed E-state index contributed by atoms with van der Waals surface area (Å²) >= 11 is 0.537. The van der Waals surface area contributed by atoms with E-state index in [1.54, 1.807) is 0 Å². The molecule has 0 saturated carbocycles. The van der Waals surface area contributed by atoms with Gasteiger partial charge in [-0.15, -0.1) is 11.3 Å². The highest BCUT2D eigenvalue weighted by molar-refractivity contribution is 7.14. The maximum Gasteiger partial charge on any atom is 0.349 e. The SMILES string of the molecule is O=C(O)c1sc(C(F)F)cc1OC1COC1. The Morgan fingerprint density at radius 1 is 1.62 bits per heavy atom. The Balaban J connectivity index is 2.22. The standard InChI is InChI=1S/C9H8F2O4S/c10-8(11)6-1-5(7(16-6)9(12)13)15-4-2-14-3-4/h1,4,8H,2-3H2,(H,12,13). The molecule has 1 saturated heterocycles. The van der Waals surface area contributed by atoms with Crippen LogP contribution in [-0.2, 0) is 4.74 Å². The monoisotopic (exact) mass is 250 g/mol. The third-order valence-corrected chi connectivity index (χ3v) is 3.14. The Morgan fingerprint density at radius 3 is 2.75 bits per heavy atom. The summed E-state index contributed by atoms with van der Waals surface area (Å²) < 4.78 is 34.9. The van der Waals surface area contributed by atoms with Crippen LogP contribution >= 0.6 is 11.3 Å². The summed E-state index contributed by atoms with van der Waals surface area (Å²) in [6, 6.07) is 1.08. The van der Waals surface area contributed by atoms with Crippen molar-refractivity contribution in [2.45, 2.75) is 12.5 Å². The number of hydrogen-bond acceptors (Lipinski definition) is 4. The van der Waals surface area contributed by atoms with Crippen LogP contribution in [0.4, 0.5) is 8.78 Å². The van der Waals surface area contributed by atoms with E-state index in [2.05, 4.69) is 0 Å². The second kappa shape index (κ2) is 4.34. The van der Waals surface area contributed by atoms with Crippen LogP contribution in [0.3, 0.4) is 0 Å². The number of carbonyl (C=O) groups is 1. The number of ether oxygens (including phenoxy) is 2. The van der Waals surface area contributed by atoms with Gasteiger partial charge < -0.3 is 14.6 Å². The van der Waals surface area contributed by atoms with Gasteiger partial charge in [0.05, 0.1) is 18.1 Å². The summed E-state index contributed by atoms with van der Waals surface area (Å²) in [6.07, 6.45) is -2.92. The molecular weight excluding hydrogens is 242 g/mol. The van der Waals surface area contributed by atoms with Crippen molar-refractivity contribution >= 4 is 17.3 Å². The Kier molecular flexibility index (Phi) is 3.06. The number of halogens is 2. The molecule has 1 aliphatic heterocycles. The summed E-state index contributed by atoms with van der Waals surface area (Å²) in [7, 11) is 0. The minimum Gasteiger partial charge on any atom is -0.484 e. The van der Waals surface area contributed by atoms with Crippen LogP contribution in [0.25, 0.3) is 0 Å². The van der Waals surface area contributed by atoms with Gasteiger partial charge in [0.25, 0.3) is 6.43 Å². The molecule has 0 spiro atoms. The van der Waals surface area contributed by atoms with Crippen LogP contribution in [0, 0.1) is 0 Å². The summed E-state index contributed by atoms with van der Waals surface area (Å²) in [4.78, 5) is 10.3. The largest absolute Gasteiger partial charge is 0.484 e. The first-order valence-corrected chi connectivity index (χ1v) is 5.29. The van der Waals surface area contributed by atoms with Crippen LogP contribution < -0.4 is 4.74 Å². The van der Waals surface area contributed by atoms with Crippen LogP contribution in [0.1, 0.15) is 21.0 Å². The number of alkyl halides is 2. The molecule has 1 aliphatic rings. The number of aromatic carboxylic acids is 1. The van der Waals surface area contributed by atoms with Crippen molar-refractivity contribution in [2.24, 2.45) is 0 Å². The second-order valence-electron chi connectivity index (χ2n) is 3.23. The van der Waals surface area contributed by atoms with E-state index in [0.29, 0.717) is 24.6 Å². The van der Waals surface area contributed by atoms with E-state index in [1.165, 1.54) is 0 Å². The molecule has 0 amide bonds. The fourth-order valence-corrected chi connectivity index (χ4v) is 1.98. The van der Waals surface area contributed by atoms with Gasteiger partial charge >= 0.3 is 5.97 Å². The smallest absolute Gasteiger partial charge is 0.349 e. The zero-order valence-corrected chi connectivity index (χ0v) is 8.80. The van der Waals surface area contributed by atoms with Crippen molar-refractivity contribution in [1.29, 1.82) is 0 Å². The molecular formula is C9H8F2O4S. The molecule has 1 aromatic rings. The summed E-state index contributed by atoms with van der Waals surface area (Å²) in [6.45, 7) is 0.720. The Labute approximate surface area is 93.4 Å². The molecule has 0 aliphatic carbocycles. The maximum absolute atomic E-state index is 12.4. The normalized spacial score (nSPS) is 16.2. The molecule has 1 N–H and O–H groups in total. The first-order chi connectivity index (χ1) is 7.58. The molecule has 16 heavy (non-hydrogen) atoms. The van der Waals surface area contributed by atoms with Gasteiger partial charge in [-0.05, 0) is 0 Å². The number of thiophene rings is 1. The zero-order valence-electron chi connectivity index (χ0n) is 7.98. The van der Waals surface area contributed by atoms with E-state index in [0.717, 1.165) is 6.07 Å². The molecule has 4 nitrogen and oxygen atoms in total. The van der Waals surface area contributed by atoms with Crippen LogP contribution in [0.2, 0.25) is 0 Å². The zero-order chi connectivity index (χ0) is 11.7. The highest BCUT2D eigenvalue weighted by Gasteiger charge is 2.26. The Hall–Kier alpha value is -1.21. The molecule has 0 radical (unpaired) electrons. The lowest BCUT2D eigenvalue weighted by molar-refractivity contribution is -0.0798. The first-order valence-electron chi connectivity index (χ1n) is 4.47. The van der Waals surface area contributed by atoms with Gasteiger partial charge in [0, 0.05) is 6.07 Å². The van der Waals surface area contributed by atoms with Gasteiger partial charge in [-0.2, -0.15) is 0 Å². The van der Waals surface area contributed by atoms with E-state index in [1.807, 2.05) is 0 Å². The predicted molar refractivity (Wildman–Crippen MR) is 51.5 cm³/mol. The highest BCUT2D eigenvalue weighted by atomic mass is 32.1. The number of carboxylic acid groups (broad SMARTS) is 1. The average Bonchev–Trinajstić information content (AvgIpc) is 2.55. The topological polar surface area (TPSA) is 55.8 Å². The maximum atomic E-state index is 12.4. The number of carboxylic acids is 1. The molecule has 7 heteroatoms.